The number of methoxy groups -OCH3 is 2. The molecule has 0 spiro atoms. The van der Waals surface area contributed by atoms with Crippen LogP contribution in [0.1, 0.15) is 32.6 Å². The van der Waals surface area contributed by atoms with Crippen LogP contribution in [0.4, 0.5) is 0 Å². The highest BCUT2D eigenvalue weighted by molar-refractivity contribution is 4.94. The molecule has 2 aliphatic rings. The third kappa shape index (κ3) is 3.17. The first-order valence-electron chi connectivity index (χ1n) is 7.90. The van der Waals surface area contributed by atoms with Crippen molar-refractivity contribution >= 4 is 0 Å². The van der Waals surface area contributed by atoms with Gasteiger partial charge in [-0.3, -0.25) is 9.80 Å². The second kappa shape index (κ2) is 7.18. The molecule has 0 bridgehead atoms. The summed E-state index contributed by atoms with van der Waals surface area (Å²) in [4.78, 5) is 5.10. The smallest absolute Gasteiger partial charge is 0.176 e. The molecule has 1 unspecified atom stereocenters. The highest BCUT2D eigenvalue weighted by atomic mass is 16.7. The molecule has 5 nitrogen and oxygen atoms in total. The molecule has 0 radical (unpaired) electrons. The molecule has 0 amide bonds. The largest absolute Gasteiger partial charge is 0.354 e. The van der Waals surface area contributed by atoms with Gasteiger partial charge in [0.15, 0.2) is 6.29 Å². The third-order valence-corrected chi connectivity index (χ3v) is 5.23. The van der Waals surface area contributed by atoms with E-state index >= 15 is 0 Å². The van der Waals surface area contributed by atoms with Crippen LogP contribution in [-0.4, -0.2) is 74.6 Å². The predicted molar refractivity (Wildman–Crippen MR) is 80.7 cm³/mol. The average molecular weight is 285 g/mol. The molecular formula is C15H31N3O2. The molecule has 1 saturated carbocycles. The van der Waals surface area contributed by atoms with Crippen molar-refractivity contribution in [2.24, 2.45) is 5.73 Å². The number of nitrogens with zero attached hydrogens (tertiary/aromatic N) is 2. The van der Waals surface area contributed by atoms with Gasteiger partial charge in [0.25, 0.3) is 0 Å². The van der Waals surface area contributed by atoms with Crippen LogP contribution in [0.25, 0.3) is 0 Å². The molecule has 0 aromatic rings. The van der Waals surface area contributed by atoms with Crippen molar-refractivity contribution in [2.45, 2.75) is 50.5 Å². The first kappa shape index (κ1) is 16.2. The Morgan fingerprint density at radius 1 is 1.10 bits per heavy atom. The first-order valence-corrected chi connectivity index (χ1v) is 7.90. The summed E-state index contributed by atoms with van der Waals surface area (Å²) in [5.74, 6) is 0. The highest BCUT2D eigenvalue weighted by Crippen LogP contribution is 2.27. The summed E-state index contributed by atoms with van der Waals surface area (Å²) >= 11 is 0. The van der Waals surface area contributed by atoms with Gasteiger partial charge in [-0.15, -0.1) is 0 Å². The number of piperazine rings is 1. The fourth-order valence-corrected chi connectivity index (χ4v) is 3.85. The standard InChI is InChI=1S/C15H31N3O2/c1-15(12-16,14(19-2)20-3)18-10-8-17(9-11-18)13-6-4-5-7-13/h13-14H,4-12,16H2,1-3H3. The lowest BCUT2D eigenvalue weighted by Gasteiger charge is -2.48. The molecule has 20 heavy (non-hydrogen) atoms. The van der Waals surface area contributed by atoms with E-state index in [9.17, 15) is 0 Å². The van der Waals surface area contributed by atoms with E-state index in [1.54, 1.807) is 14.2 Å². The molecule has 2 fully saturated rings. The normalized spacial score (nSPS) is 26.2. The van der Waals surface area contributed by atoms with E-state index in [1.807, 2.05) is 0 Å². The number of rotatable bonds is 6. The topological polar surface area (TPSA) is 51.0 Å². The summed E-state index contributed by atoms with van der Waals surface area (Å²) in [5.41, 5.74) is 5.79. The molecule has 1 saturated heterocycles. The maximum atomic E-state index is 6.03. The maximum absolute atomic E-state index is 6.03. The second-order valence-corrected chi connectivity index (χ2v) is 6.33. The predicted octanol–water partition coefficient (Wildman–Crippen LogP) is 0.883. The molecule has 5 heteroatoms. The Bertz CT molecular complexity index is 285. The van der Waals surface area contributed by atoms with Gasteiger partial charge in [0, 0.05) is 53.0 Å². The van der Waals surface area contributed by atoms with E-state index in [-0.39, 0.29) is 11.8 Å². The molecule has 1 atom stereocenters. The van der Waals surface area contributed by atoms with Gasteiger partial charge in [0.2, 0.25) is 0 Å². The van der Waals surface area contributed by atoms with Crippen molar-refractivity contribution in [2.75, 3.05) is 46.9 Å². The van der Waals surface area contributed by atoms with Gasteiger partial charge in [-0.05, 0) is 19.8 Å². The Morgan fingerprint density at radius 2 is 1.65 bits per heavy atom. The van der Waals surface area contributed by atoms with E-state index in [1.165, 1.54) is 25.7 Å². The lowest BCUT2D eigenvalue weighted by molar-refractivity contribution is -0.186. The van der Waals surface area contributed by atoms with E-state index in [0.717, 1.165) is 32.2 Å². The van der Waals surface area contributed by atoms with Gasteiger partial charge in [-0.2, -0.15) is 0 Å². The molecule has 118 valence electrons. The summed E-state index contributed by atoms with van der Waals surface area (Å²) in [6.45, 7) is 7.07. The Kier molecular flexibility index (Phi) is 5.81. The highest BCUT2D eigenvalue weighted by Gasteiger charge is 2.41. The molecular weight excluding hydrogens is 254 g/mol. The van der Waals surface area contributed by atoms with Crippen LogP contribution in [0, 0.1) is 0 Å². The van der Waals surface area contributed by atoms with Crippen molar-refractivity contribution in [3.8, 4) is 0 Å². The van der Waals surface area contributed by atoms with Gasteiger partial charge in [-0.1, -0.05) is 12.8 Å². The van der Waals surface area contributed by atoms with E-state index in [4.69, 9.17) is 15.2 Å². The summed E-state index contributed by atoms with van der Waals surface area (Å²) in [6, 6.07) is 0.821. The van der Waals surface area contributed by atoms with Crippen LogP contribution in [0.3, 0.4) is 0 Å². The quantitative estimate of drug-likeness (QED) is 0.734. The Balaban J connectivity index is 1.93. The van der Waals surface area contributed by atoms with Crippen LogP contribution >= 0.6 is 0 Å². The molecule has 0 aromatic carbocycles. The summed E-state index contributed by atoms with van der Waals surface area (Å²) in [7, 11) is 3.38. The van der Waals surface area contributed by atoms with Crippen LogP contribution in [-0.2, 0) is 9.47 Å². The van der Waals surface area contributed by atoms with Crippen LogP contribution in [0.15, 0.2) is 0 Å². The Labute approximate surface area is 123 Å². The van der Waals surface area contributed by atoms with E-state index < -0.39 is 0 Å². The van der Waals surface area contributed by atoms with Gasteiger partial charge < -0.3 is 15.2 Å². The van der Waals surface area contributed by atoms with Crippen molar-refractivity contribution in [3.63, 3.8) is 0 Å². The minimum Gasteiger partial charge on any atom is -0.354 e. The zero-order valence-electron chi connectivity index (χ0n) is 13.3. The number of nitrogens with two attached hydrogens (primary N) is 1. The van der Waals surface area contributed by atoms with Crippen LogP contribution in [0.5, 0.6) is 0 Å². The van der Waals surface area contributed by atoms with E-state index in [0.29, 0.717) is 6.54 Å². The Morgan fingerprint density at radius 3 is 2.10 bits per heavy atom. The molecule has 1 aliphatic carbocycles. The van der Waals surface area contributed by atoms with Crippen molar-refractivity contribution in [1.82, 2.24) is 9.80 Å². The van der Waals surface area contributed by atoms with Gasteiger partial charge in [0.05, 0.1) is 5.54 Å². The minimum absolute atomic E-state index is 0.245. The molecule has 1 aliphatic heterocycles. The van der Waals surface area contributed by atoms with Crippen molar-refractivity contribution in [1.29, 1.82) is 0 Å². The lowest BCUT2D eigenvalue weighted by Crippen LogP contribution is -2.65. The number of ether oxygens (including phenoxy) is 2. The SMILES string of the molecule is COC(OC)C(C)(CN)N1CCN(C2CCCC2)CC1. The maximum Gasteiger partial charge on any atom is 0.176 e. The van der Waals surface area contributed by atoms with Gasteiger partial charge >= 0.3 is 0 Å². The second-order valence-electron chi connectivity index (χ2n) is 6.33. The van der Waals surface area contributed by atoms with Gasteiger partial charge in [-0.25, -0.2) is 0 Å². The van der Waals surface area contributed by atoms with Crippen LogP contribution in [0.2, 0.25) is 0 Å². The number of hydrogen-bond acceptors (Lipinski definition) is 5. The fourth-order valence-electron chi connectivity index (χ4n) is 3.85. The molecule has 1 heterocycles. The first-order chi connectivity index (χ1) is 9.65. The average Bonchev–Trinajstić information content (AvgIpc) is 3.02. The van der Waals surface area contributed by atoms with Crippen molar-refractivity contribution in [3.05, 3.63) is 0 Å². The number of hydrogen-bond donors (Lipinski definition) is 1. The zero-order valence-corrected chi connectivity index (χ0v) is 13.3. The third-order valence-electron chi connectivity index (χ3n) is 5.23. The molecule has 0 aromatic heterocycles. The zero-order chi connectivity index (χ0) is 14.6. The van der Waals surface area contributed by atoms with E-state index in [2.05, 4.69) is 16.7 Å². The lowest BCUT2D eigenvalue weighted by atomic mass is 9.97. The fraction of sp³-hybridized carbons (Fsp3) is 1.00. The Hall–Kier alpha value is -0.200. The summed E-state index contributed by atoms with van der Waals surface area (Å²) in [5, 5.41) is 0. The van der Waals surface area contributed by atoms with Gasteiger partial charge in [0.1, 0.15) is 0 Å². The minimum atomic E-state index is -0.273. The summed E-state index contributed by atoms with van der Waals surface area (Å²) in [6.07, 6.45) is 5.30. The monoisotopic (exact) mass is 285 g/mol. The molecule has 2 N–H and O–H groups in total. The van der Waals surface area contributed by atoms with Crippen LogP contribution < -0.4 is 5.73 Å². The van der Waals surface area contributed by atoms with Crippen molar-refractivity contribution < 1.29 is 9.47 Å². The molecule has 2 rings (SSSR count). The summed E-state index contributed by atoms with van der Waals surface area (Å²) < 4.78 is 11.0.